The predicted octanol–water partition coefficient (Wildman–Crippen LogP) is 3.84. The van der Waals surface area contributed by atoms with Gasteiger partial charge >= 0.3 is 0 Å². The number of nitrogens with zero attached hydrogens (tertiary/aromatic N) is 2. The number of carbonyl (C=O) groups is 2. The lowest BCUT2D eigenvalue weighted by Gasteiger charge is -2.34. The predicted molar refractivity (Wildman–Crippen MR) is 139 cm³/mol. The highest BCUT2D eigenvalue weighted by Gasteiger charge is 2.33. The van der Waals surface area contributed by atoms with Gasteiger partial charge in [-0.3, -0.25) is 13.9 Å². The van der Waals surface area contributed by atoms with Crippen molar-refractivity contribution in [2.24, 2.45) is 0 Å². The molecule has 1 atom stereocenters. The number of benzene rings is 2. The fourth-order valence-electron chi connectivity index (χ4n) is 3.59. The van der Waals surface area contributed by atoms with Crippen molar-refractivity contribution in [1.29, 1.82) is 0 Å². The van der Waals surface area contributed by atoms with E-state index in [0.717, 1.165) is 16.1 Å². The number of para-hydroxylation sites is 2. The van der Waals surface area contributed by atoms with Gasteiger partial charge < -0.3 is 15.0 Å². The normalized spacial score (nSPS) is 12.5. The van der Waals surface area contributed by atoms with Crippen molar-refractivity contribution >= 4 is 39.1 Å². The SMILES string of the molecule is CCC(C(=O)NC(C)(C)C)N(Cc1ccc(Cl)cc1)C(=O)CN(c1ccccc1OC)S(C)(=O)=O. The van der Waals surface area contributed by atoms with Crippen LogP contribution in [-0.4, -0.2) is 56.6 Å². The van der Waals surface area contributed by atoms with Gasteiger partial charge in [0.05, 0.1) is 19.1 Å². The van der Waals surface area contributed by atoms with Gasteiger partial charge in [0.15, 0.2) is 0 Å². The van der Waals surface area contributed by atoms with Crippen LogP contribution >= 0.6 is 11.6 Å². The largest absolute Gasteiger partial charge is 0.495 e. The Morgan fingerprint density at radius 2 is 1.69 bits per heavy atom. The van der Waals surface area contributed by atoms with Crippen LogP contribution in [0.3, 0.4) is 0 Å². The van der Waals surface area contributed by atoms with Gasteiger partial charge in [0, 0.05) is 17.1 Å². The van der Waals surface area contributed by atoms with Crippen LogP contribution in [0.1, 0.15) is 39.7 Å². The molecular formula is C25H34ClN3O5S. The van der Waals surface area contributed by atoms with Crippen LogP contribution in [0.25, 0.3) is 0 Å². The van der Waals surface area contributed by atoms with E-state index >= 15 is 0 Å². The fourth-order valence-corrected chi connectivity index (χ4v) is 4.57. The summed E-state index contributed by atoms with van der Waals surface area (Å²) >= 11 is 6.01. The molecule has 0 aliphatic rings. The first-order chi connectivity index (χ1) is 16.3. The smallest absolute Gasteiger partial charge is 0.244 e. The highest BCUT2D eigenvalue weighted by molar-refractivity contribution is 7.92. The fraction of sp³-hybridized carbons (Fsp3) is 0.440. The second-order valence-corrected chi connectivity index (χ2v) is 11.6. The zero-order valence-electron chi connectivity index (χ0n) is 21.0. The van der Waals surface area contributed by atoms with Crippen LogP contribution in [0, 0.1) is 0 Å². The van der Waals surface area contributed by atoms with Crippen molar-refractivity contribution in [1.82, 2.24) is 10.2 Å². The van der Waals surface area contributed by atoms with Crippen LogP contribution < -0.4 is 14.4 Å². The van der Waals surface area contributed by atoms with Crippen LogP contribution in [0.5, 0.6) is 5.75 Å². The van der Waals surface area contributed by atoms with Crippen LogP contribution in [0.4, 0.5) is 5.69 Å². The first-order valence-electron chi connectivity index (χ1n) is 11.2. The zero-order valence-corrected chi connectivity index (χ0v) is 22.6. The number of rotatable bonds is 10. The van der Waals surface area contributed by atoms with Crippen LogP contribution in [0.2, 0.25) is 5.02 Å². The van der Waals surface area contributed by atoms with Gasteiger partial charge in [0.2, 0.25) is 21.8 Å². The van der Waals surface area contributed by atoms with Gasteiger partial charge in [-0.1, -0.05) is 42.8 Å². The van der Waals surface area contributed by atoms with Gasteiger partial charge in [-0.15, -0.1) is 0 Å². The quantitative estimate of drug-likeness (QED) is 0.510. The minimum atomic E-state index is -3.85. The Morgan fingerprint density at radius 1 is 1.09 bits per heavy atom. The summed E-state index contributed by atoms with van der Waals surface area (Å²) in [5.74, 6) is -0.523. The topological polar surface area (TPSA) is 96.0 Å². The van der Waals surface area contributed by atoms with Gasteiger partial charge in [-0.25, -0.2) is 8.42 Å². The van der Waals surface area contributed by atoms with E-state index in [1.54, 1.807) is 48.5 Å². The average Bonchev–Trinajstić information content (AvgIpc) is 2.76. The molecule has 2 rings (SSSR count). The van der Waals surface area contributed by atoms with E-state index in [-0.39, 0.29) is 18.1 Å². The third kappa shape index (κ3) is 8.14. The molecule has 8 nitrogen and oxygen atoms in total. The van der Waals surface area contributed by atoms with Crippen molar-refractivity contribution < 1.29 is 22.7 Å². The Kier molecular flexibility index (Phi) is 9.57. The Bertz CT molecular complexity index is 1130. The molecule has 10 heteroatoms. The molecule has 0 saturated carbocycles. The number of hydrogen-bond acceptors (Lipinski definition) is 5. The number of methoxy groups -OCH3 is 1. The number of carbonyl (C=O) groups excluding carboxylic acids is 2. The Hall–Kier alpha value is -2.78. The Balaban J connectivity index is 2.48. The van der Waals surface area contributed by atoms with Gasteiger partial charge in [0.25, 0.3) is 0 Å². The molecule has 0 spiro atoms. The van der Waals surface area contributed by atoms with E-state index in [4.69, 9.17) is 16.3 Å². The van der Waals surface area contributed by atoms with E-state index in [2.05, 4.69) is 5.32 Å². The summed E-state index contributed by atoms with van der Waals surface area (Å²) in [5, 5.41) is 3.47. The molecule has 2 amide bonds. The maximum absolute atomic E-state index is 13.7. The summed E-state index contributed by atoms with van der Waals surface area (Å²) in [6.07, 6.45) is 1.37. The first kappa shape index (κ1) is 28.5. The van der Waals surface area contributed by atoms with E-state index in [9.17, 15) is 18.0 Å². The summed E-state index contributed by atoms with van der Waals surface area (Å²) in [4.78, 5) is 28.3. The molecule has 0 radical (unpaired) electrons. The summed E-state index contributed by atoms with van der Waals surface area (Å²) < 4.78 is 31.8. The molecular weight excluding hydrogens is 490 g/mol. The van der Waals surface area contributed by atoms with Crippen molar-refractivity contribution in [2.45, 2.75) is 52.2 Å². The van der Waals surface area contributed by atoms with Gasteiger partial charge in [-0.2, -0.15) is 0 Å². The molecule has 0 aromatic heterocycles. The molecule has 0 bridgehead atoms. The minimum absolute atomic E-state index is 0.107. The number of nitrogens with one attached hydrogen (secondary N) is 1. The monoisotopic (exact) mass is 523 g/mol. The van der Waals surface area contributed by atoms with Crippen LogP contribution in [0.15, 0.2) is 48.5 Å². The maximum atomic E-state index is 13.7. The van der Waals surface area contributed by atoms with Crippen LogP contribution in [-0.2, 0) is 26.2 Å². The highest BCUT2D eigenvalue weighted by atomic mass is 35.5. The summed E-state index contributed by atoms with van der Waals surface area (Å²) in [6, 6.07) is 12.7. The molecule has 0 saturated heterocycles. The molecule has 0 fully saturated rings. The van der Waals surface area contributed by atoms with Crippen molar-refractivity contribution in [3.05, 3.63) is 59.1 Å². The molecule has 35 heavy (non-hydrogen) atoms. The molecule has 2 aromatic rings. The van der Waals surface area contributed by atoms with Crippen molar-refractivity contribution in [3.63, 3.8) is 0 Å². The molecule has 192 valence electrons. The van der Waals surface area contributed by atoms with Gasteiger partial charge in [-0.05, 0) is 57.0 Å². The standard InChI is InChI=1S/C25H34ClN3O5S/c1-7-20(24(31)27-25(2,3)4)28(16-18-12-14-19(26)15-13-18)23(30)17-29(35(6,32)33)21-10-8-9-11-22(21)34-5/h8-15,20H,7,16-17H2,1-6H3,(H,27,31). The molecule has 0 aliphatic carbocycles. The third-order valence-corrected chi connectivity index (χ3v) is 6.56. The number of ether oxygens (including phenoxy) is 1. The summed E-state index contributed by atoms with van der Waals surface area (Å²) in [5.41, 5.74) is 0.493. The first-order valence-corrected chi connectivity index (χ1v) is 13.5. The minimum Gasteiger partial charge on any atom is -0.495 e. The zero-order chi connectivity index (χ0) is 26.4. The van der Waals surface area contributed by atoms with E-state index in [1.165, 1.54) is 12.0 Å². The Labute approximate surface area is 213 Å². The average molecular weight is 524 g/mol. The lowest BCUT2D eigenvalue weighted by Crippen LogP contribution is -2.55. The van der Waals surface area contributed by atoms with E-state index in [1.807, 2.05) is 27.7 Å². The molecule has 0 heterocycles. The number of hydrogen-bond donors (Lipinski definition) is 1. The summed E-state index contributed by atoms with van der Waals surface area (Å²) in [7, 11) is -2.42. The molecule has 0 aliphatic heterocycles. The van der Waals surface area contributed by atoms with E-state index in [0.29, 0.717) is 17.2 Å². The second-order valence-electron chi connectivity index (χ2n) is 9.25. The number of halogens is 1. The number of amides is 2. The molecule has 1 N–H and O–H groups in total. The van der Waals surface area contributed by atoms with Crippen molar-refractivity contribution in [3.8, 4) is 5.75 Å². The highest BCUT2D eigenvalue weighted by Crippen LogP contribution is 2.30. The summed E-state index contributed by atoms with van der Waals surface area (Å²) in [6.45, 7) is 6.99. The second kappa shape index (κ2) is 11.8. The molecule has 1 unspecified atom stereocenters. The lowest BCUT2D eigenvalue weighted by molar-refractivity contribution is -0.141. The van der Waals surface area contributed by atoms with Gasteiger partial charge in [0.1, 0.15) is 18.3 Å². The third-order valence-electron chi connectivity index (χ3n) is 5.18. The molecule has 2 aromatic carbocycles. The maximum Gasteiger partial charge on any atom is 0.244 e. The number of sulfonamides is 1. The lowest BCUT2D eigenvalue weighted by atomic mass is 10.1. The van der Waals surface area contributed by atoms with E-state index < -0.39 is 34.1 Å². The Morgan fingerprint density at radius 3 is 2.20 bits per heavy atom. The van der Waals surface area contributed by atoms with Crippen molar-refractivity contribution in [2.75, 3.05) is 24.2 Å². The number of anilines is 1.